The van der Waals surface area contributed by atoms with E-state index in [0.717, 1.165) is 5.56 Å². The van der Waals surface area contributed by atoms with Gasteiger partial charge in [-0.3, -0.25) is 20.3 Å². The normalized spacial score (nSPS) is 22.4. The van der Waals surface area contributed by atoms with Gasteiger partial charge in [0.2, 0.25) is 0 Å². The summed E-state index contributed by atoms with van der Waals surface area (Å²) in [5.74, 6) is -0.325. The molecule has 0 aromatic carbocycles. The zero-order valence-corrected chi connectivity index (χ0v) is 6.84. The van der Waals surface area contributed by atoms with Crippen LogP contribution in [0.1, 0.15) is 11.7 Å². The minimum atomic E-state index is -0.457. The molecular formula is C8H9N3O2. The van der Waals surface area contributed by atoms with E-state index >= 15 is 0 Å². The van der Waals surface area contributed by atoms with Crippen LogP contribution in [0.3, 0.4) is 0 Å². The maximum atomic E-state index is 11.0. The summed E-state index contributed by atoms with van der Waals surface area (Å²) in [5.41, 5.74) is 0.774. The number of carbonyl (C=O) groups is 1. The SMILES string of the molecule is O=C1CN[C@H](c2cccnc2)N1O. The summed E-state index contributed by atoms with van der Waals surface area (Å²) >= 11 is 0. The molecule has 1 atom stereocenters. The maximum Gasteiger partial charge on any atom is 0.261 e. The third-order valence-electron chi connectivity index (χ3n) is 1.95. The van der Waals surface area contributed by atoms with Crippen molar-refractivity contribution in [1.82, 2.24) is 15.4 Å². The summed E-state index contributed by atoms with van der Waals surface area (Å²) in [6.07, 6.45) is 2.79. The topological polar surface area (TPSA) is 65.5 Å². The van der Waals surface area contributed by atoms with Crippen molar-refractivity contribution in [1.29, 1.82) is 0 Å². The largest absolute Gasteiger partial charge is 0.284 e. The average Bonchev–Trinajstić information content (AvgIpc) is 2.49. The number of pyridine rings is 1. The Morgan fingerprint density at radius 1 is 1.69 bits per heavy atom. The maximum absolute atomic E-state index is 11.0. The van der Waals surface area contributed by atoms with E-state index < -0.39 is 6.17 Å². The smallest absolute Gasteiger partial charge is 0.261 e. The van der Waals surface area contributed by atoms with E-state index in [1.807, 2.05) is 0 Å². The van der Waals surface area contributed by atoms with Crippen molar-refractivity contribution in [2.45, 2.75) is 6.17 Å². The van der Waals surface area contributed by atoms with Gasteiger partial charge in [-0.2, -0.15) is 0 Å². The van der Waals surface area contributed by atoms with Gasteiger partial charge in [-0.1, -0.05) is 6.07 Å². The van der Waals surface area contributed by atoms with Crippen molar-refractivity contribution in [2.75, 3.05) is 6.54 Å². The minimum Gasteiger partial charge on any atom is -0.284 e. The molecule has 0 spiro atoms. The number of nitrogens with one attached hydrogen (secondary N) is 1. The number of hydrogen-bond donors (Lipinski definition) is 2. The van der Waals surface area contributed by atoms with Crippen LogP contribution in [0.25, 0.3) is 0 Å². The summed E-state index contributed by atoms with van der Waals surface area (Å²) in [5, 5.41) is 12.9. The molecule has 1 fully saturated rings. The predicted molar refractivity (Wildman–Crippen MR) is 43.6 cm³/mol. The number of rotatable bonds is 1. The van der Waals surface area contributed by atoms with Crippen LogP contribution in [0.15, 0.2) is 24.5 Å². The van der Waals surface area contributed by atoms with Crippen LogP contribution in [0.5, 0.6) is 0 Å². The van der Waals surface area contributed by atoms with Gasteiger partial charge in [0.25, 0.3) is 5.91 Å². The van der Waals surface area contributed by atoms with E-state index in [0.29, 0.717) is 5.06 Å². The molecule has 1 aromatic heterocycles. The van der Waals surface area contributed by atoms with E-state index in [1.54, 1.807) is 24.5 Å². The molecule has 1 saturated heterocycles. The fraction of sp³-hybridized carbons (Fsp3) is 0.250. The highest BCUT2D eigenvalue weighted by Crippen LogP contribution is 2.18. The number of aromatic nitrogens is 1. The Kier molecular flexibility index (Phi) is 1.96. The lowest BCUT2D eigenvalue weighted by molar-refractivity contribution is -0.165. The average molecular weight is 179 g/mol. The fourth-order valence-electron chi connectivity index (χ4n) is 1.29. The van der Waals surface area contributed by atoms with Gasteiger partial charge >= 0.3 is 0 Å². The number of carbonyl (C=O) groups excluding carboxylic acids is 1. The van der Waals surface area contributed by atoms with Gasteiger partial charge in [0.1, 0.15) is 6.17 Å². The zero-order valence-electron chi connectivity index (χ0n) is 6.84. The second kappa shape index (κ2) is 3.12. The van der Waals surface area contributed by atoms with Crippen LogP contribution in [0.4, 0.5) is 0 Å². The first-order chi connectivity index (χ1) is 6.29. The van der Waals surface area contributed by atoms with Crippen molar-refractivity contribution in [3.05, 3.63) is 30.1 Å². The molecule has 0 unspecified atom stereocenters. The van der Waals surface area contributed by atoms with E-state index in [2.05, 4.69) is 10.3 Å². The number of hydrogen-bond acceptors (Lipinski definition) is 4. The monoisotopic (exact) mass is 179 g/mol. The molecule has 1 aliphatic heterocycles. The third-order valence-corrected chi connectivity index (χ3v) is 1.95. The molecule has 2 heterocycles. The lowest BCUT2D eigenvalue weighted by Gasteiger charge is -2.16. The molecule has 0 bridgehead atoms. The molecule has 5 nitrogen and oxygen atoms in total. The molecule has 2 N–H and O–H groups in total. The highest BCUT2D eigenvalue weighted by molar-refractivity contribution is 5.79. The number of hydroxylamine groups is 2. The predicted octanol–water partition coefficient (Wildman–Crippen LogP) is -0.0988. The lowest BCUT2D eigenvalue weighted by atomic mass is 10.2. The molecule has 68 valence electrons. The van der Waals surface area contributed by atoms with Crippen molar-refractivity contribution < 1.29 is 10.0 Å². The lowest BCUT2D eigenvalue weighted by Crippen LogP contribution is -2.26. The first kappa shape index (κ1) is 8.15. The van der Waals surface area contributed by atoms with Crippen LogP contribution >= 0.6 is 0 Å². The van der Waals surface area contributed by atoms with Gasteiger partial charge in [-0.05, 0) is 6.07 Å². The second-order valence-electron chi connectivity index (χ2n) is 2.81. The summed E-state index contributed by atoms with van der Waals surface area (Å²) < 4.78 is 0. The first-order valence-corrected chi connectivity index (χ1v) is 3.93. The van der Waals surface area contributed by atoms with Gasteiger partial charge in [-0.15, -0.1) is 0 Å². The van der Waals surface area contributed by atoms with Gasteiger partial charge in [-0.25, -0.2) is 5.06 Å². The summed E-state index contributed by atoms with van der Waals surface area (Å²) in [6.45, 7) is 0.163. The molecule has 1 aromatic rings. The molecule has 0 radical (unpaired) electrons. The molecule has 1 amide bonds. The third kappa shape index (κ3) is 1.39. The van der Waals surface area contributed by atoms with E-state index in [4.69, 9.17) is 0 Å². The van der Waals surface area contributed by atoms with Gasteiger partial charge < -0.3 is 0 Å². The fourth-order valence-corrected chi connectivity index (χ4v) is 1.29. The standard InChI is InChI=1S/C8H9N3O2/c12-7-5-10-8(11(7)13)6-2-1-3-9-4-6/h1-4,8,10,13H,5H2/t8-/m0/s1. The molecular weight excluding hydrogens is 170 g/mol. The quantitative estimate of drug-likeness (QED) is 0.591. The van der Waals surface area contributed by atoms with Crippen LogP contribution in [0.2, 0.25) is 0 Å². The van der Waals surface area contributed by atoms with E-state index in [9.17, 15) is 10.0 Å². The Hall–Kier alpha value is -1.46. The molecule has 0 aliphatic carbocycles. The Labute approximate surface area is 75.0 Å². The van der Waals surface area contributed by atoms with Crippen LogP contribution in [-0.2, 0) is 4.79 Å². The molecule has 0 saturated carbocycles. The first-order valence-electron chi connectivity index (χ1n) is 3.93. The molecule has 1 aliphatic rings. The Morgan fingerprint density at radius 2 is 2.54 bits per heavy atom. The van der Waals surface area contributed by atoms with Crippen LogP contribution < -0.4 is 5.32 Å². The summed E-state index contributed by atoms with van der Waals surface area (Å²) in [7, 11) is 0. The number of amides is 1. The Bertz CT molecular complexity index is 314. The van der Waals surface area contributed by atoms with Crippen molar-refractivity contribution >= 4 is 5.91 Å². The van der Waals surface area contributed by atoms with Gasteiger partial charge in [0.15, 0.2) is 0 Å². The second-order valence-corrected chi connectivity index (χ2v) is 2.81. The zero-order chi connectivity index (χ0) is 9.26. The van der Waals surface area contributed by atoms with Gasteiger partial charge in [0, 0.05) is 18.0 Å². The Morgan fingerprint density at radius 3 is 3.08 bits per heavy atom. The van der Waals surface area contributed by atoms with Crippen LogP contribution in [0, 0.1) is 0 Å². The molecule has 2 rings (SSSR count). The van der Waals surface area contributed by atoms with Crippen molar-refractivity contribution in [3.63, 3.8) is 0 Å². The summed E-state index contributed by atoms with van der Waals surface area (Å²) in [4.78, 5) is 14.9. The number of nitrogens with zero attached hydrogens (tertiary/aromatic N) is 2. The highest BCUT2D eigenvalue weighted by Gasteiger charge is 2.30. The summed E-state index contributed by atoms with van der Waals surface area (Å²) in [6, 6.07) is 3.56. The van der Waals surface area contributed by atoms with Crippen LogP contribution in [-0.4, -0.2) is 27.7 Å². The molecule has 5 heteroatoms. The van der Waals surface area contributed by atoms with Crippen molar-refractivity contribution in [2.24, 2.45) is 0 Å². The Balaban J connectivity index is 2.24. The van der Waals surface area contributed by atoms with E-state index in [-0.39, 0.29) is 12.5 Å². The minimum absolute atomic E-state index is 0.163. The van der Waals surface area contributed by atoms with E-state index in [1.165, 1.54) is 0 Å². The van der Waals surface area contributed by atoms with Gasteiger partial charge in [0.05, 0.1) is 6.54 Å². The highest BCUT2D eigenvalue weighted by atomic mass is 16.5. The van der Waals surface area contributed by atoms with Crippen molar-refractivity contribution in [3.8, 4) is 0 Å². The molecule has 13 heavy (non-hydrogen) atoms.